The first-order valence-electron chi connectivity index (χ1n) is 8.19. The number of halogens is 2. The number of guanidine groups is 1. The van der Waals surface area contributed by atoms with Gasteiger partial charge in [0, 0.05) is 32.8 Å². The molecular weight excluding hydrogens is 340 g/mol. The molecule has 0 saturated carbocycles. The average molecular weight is 363 g/mol. The van der Waals surface area contributed by atoms with E-state index in [1.807, 2.05) is 30.3 Å². The number of nitrogens with zero attached hydrogens (tertiary/aromatic N) is 1. The zero-order chi connectivity index (χ0) is 18.8. The standard InChI is InChI=1S/C19H23F2N3O2/c1-22-19(24-13-17(25-2)14-8-4-3-5-9-14)23-12-15-10-6-7-11-16(15)26-18(20)21/h3-11,17-18H,12-13H2,1-2H3,(H2,22,23,24). The van der Waals surface area contributed by atoms with Gasteiger partial charge in [-0.2, -0.15) is 8.78 Å². The highest BCUT2D eigenvalue weighted by molar-refractivity contribution is 5.79. The number of hydrogen-bond donors (Lipinski definition) is 2. The molecule has 2 aromatic rings. The Balaban J connectivity index is 1.92. The molecule has 0 radical (unpaired) electrons. The van der Waals surface area contributed by atoms with E-state index in [1.165, 1.54) is 6.07 Å². The molecular formula is C19H23F2N3O2. The molecule has 140 valence electrons. The molecule has 7 heteroatoms. The van der Waals surface area contributed by atoms with Crippen molar-refractivity contribution in [1.29, 1.82) is 0 Å². The first kappa shape index (κ1) is 19.7. The van der Waals surface area contributed by atoms with Gasteiger partial charge in [-0.05, 0) is 11.6 Å². The smallest absolute Gasteiger partial charge is 0.387 e. The zero-order valence-corrected chi connectivity index (χ0v) is 14.8. The van der Waals surface area contributed by atoms with Crippen molar-refractivity contribution in [3.8, 4) is 5.75 Å². The van der Waals surface area contributed by atoms with Crippen molar-refractivity contribution >= 4 is 5.96 Å². The molecule has 0 aromatic heterocycles. The molecule has 5 nitrogen and oxygen atoms in total. The van der Waals surface area contributed by atoms with Gasteiger partial charge < -0.3 is 20.1 Å². The van der Waals surface area contributed by atoms with Crippen LogP contribution in [0, 0.1) is 0 Å². The van der Waals surface area contributed by atoms with Gasteiger partial charge in [-0.3, -0.25) is 4.99 Å². The van der Waals surface area contributed by atoms with Crippen molar-refractivity contribution in [2.24, 2.45) is 4.99 Å². The maximum Gasteiger partial charge on any atom is 0.387 e. The normalized spacial score (nSPS) is 12.7. The Kier molecular flexibility index (Phi) is 7.82. The quantitative estimate of drug-likeness (QED) is 0.558. The minimum absolute atomic E-state index is 0.135. The lowest BCUT2D eigenvalue weighted by molar-refractivity contribution is -0.0504. The Hall–Kier alpha value is -2.67. The van der Waals surface area contributed by atoms with E-state index in [9.17, 15) is 8.78 Å². The van der Waals surface area contributed by atoms with Gasteiger partial charge in [0.05, 0.1) is 6.10 Å². The molecule has 0 heterocycles. The predicted molar refractivity (Wildman–Crippen MR) is 97.5 cm³/mol. The van der Waals surface area contributed by atoms with E-state index in [2.05, 4.69) is 20.4 Å². The summed E-state index contributed by atoms with van der Waals surface area (Å²) >= 11 is 0. The third-order valence-corrected chi connectivity index (χ3v) is 3.77. The third kappa shape index (κ3) is 6.00. The van der Waals surface area contributed by atoms with Crippen LogP contribution < -0.4 is 15.4 Å². The third-order valence-electron chi connectivity index (χ3n) is 3.77. The minimum Gasteiger partial charge on any atom is -0.434 e. The largest absolute Gasteiger partial charge is 0.434 e. The first-order chi connectivity index (χ1) is 12.6. The van der Waals surface area contributed by atoms with E-state index in [0.717, 1.165) is 5.56 Å². The molecule has 0 aliphatic rings. The Bertz CT molecular complexity index is 696. The van der Waals surface area contributed by atoms with Crippen LogP contribution in [0.4, 0.5) is 8.78 Å². The van der Waals surface area contributed by atoms with Crippen molar-refractivity contribution in [3.63, 3.8) is 0 Å². The van der Waals surface area contributed by atoms with E-state index < -0.39 is 6.61 Å². The zero-order valence-electron chi connectivity index (χ0n) is 14.8. The summed E-state index contributed by atoms with van der Waals surface area (Å²) < 4.78 is 35.0. The van der Waals surface area contributed by atoms with Crippen molar-refractivity contribution < 1.29 is 18.3 Å². The summed E-state index contributed by atoms with van der Waals surface area (Å²) in [5.41, 5.74) is 1.66. The Morgan fingerprint density at radius 1 is 1.04 bits per heavy atom. The number of aliphatic imine (C=N–C) groups is 1. The summed E-state index contributed by atoms with van der Waals surface area (Å²) in [6, 6.07) is 16.5. The summed E-state index contributed by atoms with van der Waals surface area (Å²) in [6.07, 6.45) is -0.135. The van der Waals surface area contributed by atoms with Crippen molar-refractivity contribution in [2.45, 2.75) is 19.3 Å². The summed E-state index contributed by atoms with van der Waals surface area (Å²) in [6.45, 7) is -2.05. The van der Waals surface area contributed by atoms with Gasteiger partial charge in [0.25, 0.3) is 0 Å². The SMILES string of the molecule is CN=C(NCc1ccccc1OC(F)F)NCC(OC)c1ccccc1. The average Bonchev–Trinajstić information content (AvgIpc) is 2.66. The van der Waals surface area contributed by atoms with Crippen molar-refractivity contribution in [2.75, 3.05) is 20.7 Å². The molecule has 0 fully saturated rings. The highest BCUT2D eigenvalue weighted by Crippen LogP contribution is 2.20. The van der Waals surface area contributed by atoms with Crippen LogP contribution in [-0.4, -0.2) is 33.3 Å². The summed E-state index contributed by atoms with van der Waals surface area (Å²) in [7, 11) is 3.29. The molecule has 2 aromatic carbocycles. The fraction of sp³-hybridized carbons (Fsp3) is 0.316. The number of benzene rings is 2. The second-order valence-corrected chi connectivity index (χ2v) is 5.43. The van der Waals surface area contributed by atoms with E-state index in [1.54, 1.807) is 32.4 Å². The van der Waals surface area contributed by atoms with Gasteiger partial charge in [0.1, 0.15) is 5.75 Å². The van der Waals surface area contributed by atoms with Crippen LogP contribution in [0.5, 0.6) is 5.75 Å². The monoisotopic (exact) mass is 363 g/mol. The molecule has 0 aliphatic carbocycles. The topological polar surface area (TPSA) is 54.9 Å². The van der Waals surface area contributed by atoms with Crippen LogP contribution in [0.25, 0.3) is 0 Å². The number of nitrogens with one attached hydrogen (secondary N) is 2. The lowest BCUT2D eigenvalue weighted by Gasteiger charge is -2.19. The van der Waals surface area contributed by atoms with Crippen LogP contribution in [0.2, 0.25) is 0 Å². The molecule has 0 bridgehead atoms. The molecule has 0 spiro atoms. The molecule has 0 amide bonds. The van der Waals surface area contributed by atoms with Crippen LogP contribution in [0.3, 0.4) is 0 Å². The molecule has 2 rings (SSSR count). The lowest BCUT2D eigenvalue weighted by atomic mass is 10.1. The summed E-state index contributed by atoms with van der Waals surface area (Å²) in [4.78, 5) is 4.14. The number of rotatable bonds is 8. The van der Waals surface area contributed by atoms with Gasteiger partial charge in [-0.25, -0.2) is 0 Å². The Morgan fingerprint density at radius 2 is 1.73 bits per heavy atom. The summed E-state index contributed by atoms with van der Waals surface area (Å²) in [5, 5.41) is 6.26. The second-order valence-electron chi connectivity index (χ2n) is 5.43. The molecule has 0 aliphatic heterocycles. The number of methoxy groups -OCH3 is 1. The molecule has 0 saturated heterocycles. The van der Waals surface area contributed by atoms with Crippen molar-refractivity contribution in [3.05, 3.63) is 65.7 Å². The number of ether oxygens (including phenoxy) is 2. The van der Waals surface area contributed by atoms with Gasteiger partial charge in [0.2, 0.25) is 0 Å². The van der Waals surface area contributed by atoms with Gasteiger partial charge in [0.15, 0.2) is 5.96 Å². The second kappa shape index (κ2) is 10.4. The Morgan fingerprint density at radius 3 is 2.38 bits per heavy atom. The molecule has 26 heavy (non-hydrogen) atoms. The number of alkyl halides is 2. The molecule has 1 atom stereocenters. The first-order valence-corrected chi connectivity index (χ1v) is 8.19. The highest BCUT2D eigenvalue weighted by atomic mass is 19.3. The fourth-order valence-corrected chi connectivity index (χ4v) is 2.45. The number of para-hydroxylation sites is 1. The van der Waals surface area contributed by atoms with E-state index in [-0.39, 0.29) is 11.9 Å². The predicted octanol–water partition coefficient (Wildman–Crippen LogP) is 3.34. The van der Waals surface area contributed by atoms with E-state index in [0.29, 0.717) is 24.6 Å². The van der Waals surface area contributed by atoms with Crippen molar-refractivity contribution in [1.82, 2.24) is 10.6 Å². The minimum atomic E-state index is -2.86. The highest BCUT2D eigenvalue weighted by Gasteiger charge is 2.12. The number of hydrogen-bond acceptors (Lipinski definition) is 3. The maximum absolute atomic E-state index is 12.5. The van der Waals surface area contributed by atoms with Gasteiger partial charge in [-0.15, -0.1) is 0 Å². The van der Waals surface area contributed by atoms with Crippen LogP contribution in [0.1, 0.15) is 17.2 Å². The summed E-state index contributed by atoms with van der Waals surface area (Å²) in [5.74, 6) is 0.680. The van der Waals surface area contributed by atoms with Crippen LogP contribution in [-0.2, 0) is 11.3 Å². The van der Waals surface area contributed by atoms with Crippen LogP contribution >= 0.6 is 0 Å². The fourth-order valence-electron chi connectivity index (χ4n) is 2.45. The van der Waals surface area contributed by atoms with Gasteiger partial charge >= 0.3 is 6.61 Å². The molecule has 2 N–H and O–H groups in total. The maximum atomic E-state index is 12.5. The Labute approximate surface area is 152 Å². The lowest BCUT2D eigenvalue weighted by Crippen LogP contribution is -2.39. The van der Waals surface area contributed by atoms with E-state index in [4.69, 9.17) is 4.74 Å². The van der Waals surface area contributed by atoms with Crippen LogP contribution in [0.15, 0.2) is 59.6 Å². The van der Waals surface area contributed by atoms with E-state index >= 15 is 0 Å². The molecule has 1 unspecified atom stereocenters. The van der Waals surface area contributed by atoms with Gasteiger partial charge in [-0.1, -0.05) is 48.5 Å².